The molecule has 172 valence electrons. The number of hydrogen-bond donors (Lipinski definition) is 5. The standard InChI is InChI=1S/C24H27N5O4/c1-4-24(11-6-5-10-18(24)30)28-19-16(21(32)33)13-25-22(27-19)26-17-9-7-8-14-15(17)12-23(2,3)29-20(14)31/h5-11,13,18,30H,4,12H2,1-3H3,(H,29,31)(H,32,33)(H2,25,26,27,28). The van der Waals surface area contributed by atoms with Gasteiger partial charge >= 0.3 is 5.97 Å². The van der Waals surface area contributed by atoms with Gasteiger partial charge in [0.2, 0.25) is 5.95 Å². The number of allylic oxidation sites excluding steroid dienone is 2. The fourth-order valence-electron chi connectivity index (χ4n) is 4.20. The maximum atomic E-state index is 12.5. The highest BCUT2D eigenvalue weighted by atomic mass is 16.4. The Bertz CT molecular complexity index is 1170. The highest BCUT2D eigenvalue weighted by Gasteiger charge is 2.35. The van der Waals surface area contributed by atoms with E-state index in [9.17, 15) is 19.8 Å². The van der Waals surface area contributed by atoms with Crippen molar-refractivity contribution in [1.29, 1.82) is 0 Å². The van der Waals surface area contributed by atoms with Crippen molar-refractivity contribution in [2.24, 2.45) is 0 Å². The number of carboxylic acid groups (broad SMARTS) is 1. The van der Waals surface area contributed by atoms with E-state index < -0.39 is 23.2 Å². The maximum Gasteiger partial charge on any atom is 0.341 e. The topological polar surface area (TPSA) is 136 Å². The van der Waals surface area contributed by atoms with E-state index in [1.54, 1.807) is 36.4 Å². The van der Waals surface area contributed by atoms with Crippen molar-refractivity contribution in [1.82, 2.24) is 15.3 Å². The number of nitrogens with zero attached hydrogens (tertiary/aromatic N) is 2. The van der Waals surface area contributed by atoms with E-state index in [1.807, 2.05) is 26.8 Å². The molecule has 2 atom stereocenters. The van der Waals surface area contributed by atoms with Crippen LogP contribution in [0.1, 0.15) is 53.5 Å². The number of hydrogen-bond acceptors (Lipinski definition) is 7. The van der Waals surface area contributed by atoms with Crippen LogP contribution in [0.4, 0.5) is 17.5 Å². The third-order valence-corrected chi connectivity index (χ3v) is 6.02. The van der Waals surface area contributed by atoms with Gasteiger partial charge in [0.1, 0.15) is 11.4 Å². The van der Waals surface area contributed by atoms with Crippen molar-refractivity contribution < 1.29 is 19.8 Å². The van der Waals surface area contributed by atoms with E-state index >= 15 is 0 Å². The molecule has 1 aliphatic heterocycles. The van der Waals surface area contributed by atoms with Gasteiger partial charge in [-0.3, -0.25) is 4.79 Å². The summed E-state index contributed by atoms with van der Waals surface area (Å²) >= 11 is 0. The van der Waals surface area contributed by atoms with Gasteiger partial charge in [0.25, 0.3) is 5.91 Å². The van der Waals surface area contributed by atoms with Gasteiger partial charge in [0.15, 0.2) is 0 Å². The first-order valence-corrected chi connectivity index (χ1v) is 10.8. The van der Waals surface area contributed by atoms with Crippen LogP contribution in [-0.2, 0) is 6.42 Å². The number of fused-ring (bicyclic) bond motifs is 1. The van der Waals surface area contributed by atoms with Crippen molar-refractivity contribution in [3.63, 3.8) is 0 Å². The highest BCUT2D eigenvalue weighted by Crippen LogP contribution is 2.32. The van der Waals surface area contributed by atoms with Gasteiger partial charge in [-0.15, -0.1) is 0 Å². The van der Waals surface area contributed by atoms with Crippen LogP contribution < -0.4 is 16.0 Å². The molecule has 0 bridgehead atoms. The SMILES string of the molecule is CCC1(Nc2nc(Nc3cccc4c3CC(C)(C)NC4=O)ncc2C(=O)O)C=CC=CC1O. The molecule has 0 spiro atoms. The van der Waals surface area contributed by atoms with E-state index in [2.05, 4.69) is 25.9 Å². The Labute approximate surface area is 191 Å². The number of aromatic carboxylic acids is 1. The first kappa shape index (κ1) is 22.5. The van der Waals surface area contributed by atoms with E-state index in [0.29, 0.717) is 24.1 Å². The van der Waals surface area contributed by atoms with Crippen molar-refractivity contribution >= 4 is 29.3 Å². The van der Waals surface area contributed by atoms with Crippen LogP contribution in [0.5, 0.6) is 0 Å². The summed E-state index contributed by atoms with van der Waals surface area (Å²) in [4.78, 5) is 33.0. The normalized spacial score (nSPS) is 22.9. The predicted octanol–water partition coefficient (Wildman–Crippen LogP) is 3.03. The third-order valence-electron chi connectivity index (χ3n) is 6.02. The molecule has 1 aromatic heterocycles. The summed E-state index contributed by atoms with van der Waals surface area (Å²) in [6, 6.07) is 5.37. The zero-order valence-electron chi connectivity index (χ0n) is 18.7. The molecule has 9 heteroatoms. The van der Waals surface area contributed by atoms with Crippen LogP contribution in [0.2, 0.25) is 0 Å². The van der Waals surface area contributed by atoms with Gasteiger partial charge in [-0.05, 0) is 44.4 Å². The molecule has 1 aliphatic carbocycles. The summed E-state index contributed by atoms with van der Waals surface area (Å²) in [7, 11) is 0. The molecule has 33 heavy (non-hydrogen) atoms. The van der Waals surface area contributed by atoms with Crippen LogP contribution in [0, 0.1) is 0 Å². The van der Waals surface area contributed by atoms with Crippen molar-refractivity contribution in [2.75, 3.05) is 10.6 Å². The van der Waals surface area contributed by atoms with Crippen molar-refractivity contribution in [3.8, 4) is 0 Å². The maximum absolute atomic E-state index is 12.5. The van der Waals surface area contributed by atoms with E-state index in [0.717, 1.165) is 5.56 Å². The molecule has 4 rings (SSSR count). The number of carbonyl (C=O) groups excluding carboxylic acids is 1. The van der Waals surface area contributed by atoms with Crippen LogP contribution in [0.15, 0.2) is 48.7 Å². The largest absolute Gasteiger partial charge is 0.477 e. The Kier molecular flexibility index (Phi) is 5.67. The minimum absolute atomic E-state index is 0.0868. The summed E-state index contributed by atoms with van der Waals surface area (Å²) < 4.78 is 0. The van der Waals surface area contributed by atoms with Crippen LogP contribution in [0.3, 0.4) is 0 Å². The summed E-state index contributed by atoms with van der Waals surface area (Å²) in [5, 5.41) is 29.5. The van der Waals surface area contributed by atoms with Crippen LogP contribution >= 0.6 is 0 Å². The number of nitrogens with one attached hydrogen (secondary N) is 3. The summed E-state index contributed by atoms with van der Waals surface area (Å²) in [6.45, 7) is 5.79. The molecular weight excluding hydrogens is 422 g/mol. The van der Waals surface area contributed by atoms with Crippen molar-refractivity contribution in [3.05, 3.63) is 65.4 Å². The van der Waals surface area contributed by atoms with E-state index in [4.69, 9.17) is 0 Å². The van der Waals surface area contributed by atoms with Gasteiger partial charge in [0.05, 0.1) is 11.6 Å². The van der Waals surface area contributed by atoms with Crippen LogP contribution in [0.25, 0.3) is 0 Å². The number of anilines is 3. The minimum Gasteiger partial charge on any atom is -0.477 e. The van der Waals surface area contributed by atoms with Gasteiger partial charge in [-0.25, -0.2) is 9.78 Å². The van der Waals surface area contributed by atoms with Gasteiger partial charge in [0, 0.05) is 23.0 Å². The lowest BCUT2D eigenvalue weighted by Gasteiger charge is -2.36. The second-order valence-corrected chi connectivity index (χ2v) is 8.94. The lowest BCUT2D eigenvalue weighted by molar-refractivity contribution is 0.0696. The number of amides is 1. The molecule has 2 unspecified atom stereocenters. The first-order valence-electron chi connectivity index (χ1n) is 10.8. The zero-order chi connectivity index (χ0) is 23.8. The average molecular weight is 450 g/mol. The van der Waals surface area contributed by atoms with Crippen LogP contribution in [-0.4, -0.2) is 49.2 Å². The predicted molar refractivity (Wildman–Crippen MR) is 125 cm³/mol. The number of carboxylic acids is 1. The fourth-order valence-corrected chi connectivity index (χ4v) is 4.20. The lowest BCUT2D eigenvalue weighted by Crippen LogP contribution is -2.49. The molecule has 0 fully saturated rings. The van der Waals surface area contributed by atoms with Crippen molar-refractivity contribution in [2.45, 2.75) is 50.8 Å². The number of aliphatic hydroxyl groups is 1. The molecular formula is C24H27N5O4. The minimum atomic E-state index is -1.18. The second kappa shape index (κ2) is 8.32. The second-order valence-electron chi connectivity index (χ2n) is 8.94. The smallest absolute Gasteiger partial charge is 0.341 e. The third kappa shape index (κ3) is 4.31. The number of benzene rings is 1. The average Bonchev–Trinajstić information content (AvgIpc) is 2.75. The number of rotatable bonds is 6. The Morgan fingerprint density at radius 1 is 1.30 bits per heavy atom. The Morgan fingerprint density at radius 2 is 2.09 bits per heavy atom. The number of carbonyl (C=O) groups is 2. The molecule has 2 heterocycles. The quantitative estimate of drug-likeness (QED) is 0.454. The Balaban J connectivity index is 1.71. The first-order chi connectivity index (χ1) is 15.6. The monoisotopic (exact) mass is 449 g/mol. The van der Waals surface area contributed by atoms with Gasteiger partial charge in [-0.2, -0.15) is 4.98 Å². The van der Waals surface area contributed by atoms with E-state index in [-0.39, 0.29) is 23.2 Å². The van der Waals surface area contributed by atoms with Gasteiger partial charge in [-0.1, -0.05) is 37.3 Å². The molecule has 0 saturated heterocycles. The lowest BCUT2D eigenvalue weighted by atomic mass is 9.85. The molecule has 5 N–H and O–H groups in total. The Hall–Kier alpha value is -3.72. The fraction of sp³-hybridized carbons (Fsp3) is 0.333. The number of aliphatic hydroxyl groups excluding tert-OH is 1. The highest BCUT2D eigenvalue weighted by molar-refractivity contribution is 5.99. The molecule has 9 nitrogen and oxygen atoms in total. The number of aromatic nitrogens is 2. The zero-order valence-corrected chi connectivity index (χ0v) is 18.7. The molecule has 0 radical (unpaired) electrons. The molecule has 0 saturated carbocycles. The van der Waals surface area contributed by atoms with Gasteiger partial charge < -0.3 is 26.2 Å². The Morgan fingerprint density at radius 3 is 2.79 bits per heavy atom. The van der Waals surface area contributed by atoms with E-state index in [1.165, 1.54) is 6.20 Å². The summed E-state index contributed by atoms with van der Waals surface area (Å²) in [5.74, 6) is -1.07. The summed E-state index contributed by atoms with van der Waals surface area (Å²) in [5.41, 5.74) is 0.667. The molecule has 2 aromatic rings. The summed E-state index contributed by atoms with van der Waals surface area (Å²) in [6.07, 6.45) is 8.45. The molecule has 1 amide bonds. The molecule has 2 aliphatic rings. The molecule has 1 aromatic carbocycles.